The summed E-state index contributed by atoms with van der Waals surface area (Å²) in [6.07, 6.45) is -0.00653. The summed E-state index contributed by atoms with van der Waals surface area (Å²) in [6, 6.07) is 4.58. The lowest BCUT2D eigenvalue weighted by molar-refractivity contribution is 0.0695. The Morgan fingerprint density at radius 2 is 1.88 bits per heavy atom. The van der Waals surface area contributed by atoms with E-state index < -0.39 is 5.97 Å². The van der Waals surface area contributed by atoms with Gasteiger partial charge in [-0.15, -0.1) is 0 Å². The highest BCUT2D eigenvalue weighted by Crippen LogP contribution is 2.29. The smallest absolute Gasteiger partial charge is 0.335 e. The van der Waals surface area contributed by atoms with Crippen LogP contribution in [0.2, 0.25) is 0 Å². The van der Waals surface area contributed by atoms with Gasteiger partial charge in [-0.3, -0.25) is 0 Å². The standard InChI is InChI=1S/C13H18O4/c1-8(2)9(3)17-12-7-10(13(14)15)5-6-11(12)16-4/h5-9H,1-4H3,(H,14,15). The van der Waals surface area contributed by atoms with Crippen molar-refractivity contribution in [3.63, 3.8) is 0 Å². The highest BCUT2D eigenvalue weighted by Gasteiger charge is 2.14. The Morgan fingerprint density at radius 1 is 1.24 bits per heavy atom. The van der Waals surface area contributed by atoms with E-state index in [0.29, 0.717) is 17.4 Å². The van der Waals surface area contributed by atoms with Crippen LogP contribution < -0.4 is 9.47 Å². The van der Waals surface area contributed by atoms with Gasteiger partial charge in [-0.1, -0.05) is 13.8 Å². The molecule has 4 heteroatoms. The normalized spacial score (nSPS) is 12.3. The van der Waals surface area contributed by atoms with E-state index >= 15 is 0 Å². The molecule has 0 heterocycles. The highest BCUT2D eigenvalue weighted by molar-refractivity contribution is 5.88. The second kappa shape index (κ2) is 5.57. The largest absolute Gasteiger partial charge is 0.493 e. The maximum absolute atomic E-state index is 10.9. The number of carboxylic acids is 1. The van der Waals surface area contributed by atoms with Crippen LogP contribution in [0.3, 0.4) is 0 Å². The summed E-state index contributed by atoms with van der Waals surface area (Å²) in [5.74, 6) is 0.374. The first-order valence-corrected chi connectivity index (χ1v) is 5.53. The Morgan fingerprint density at radius 3 is 2.35 bits per heavy atom. The number of benzene rings is 1. The third-order valence-electron chi connectivity index (χ3n) is 2.66. The predicted octanol–water partition coefficient (Wildman–Crippen LogP) is 2.82. The van der Waals surface area contributed by atoms with Crippen LogP contribution in [0.25, 0.3) is 0 Å². The SMILES string of the molecule is COc1ccc(C(=O)O)cc1OC(C)C(C)C. The number of aromatic carboxylic acids is 1. The van der Waals surface area contributed by atoms with E-state index in [1.165, 1.54) is 19.2 Å². The molecule has 0 aliphatic heterocycles. The summed E-state index contributed by atoms with van der Waals surface area (Å²) in [7, 11) is 1.53. The summed E-state index contributed by atoms with van der Waals surface area (Å²) >= 11 is 0. The monoisotopic (exact) mass is 238 g/mol. The number of carboxylic acid groups (broad SMARTS) is 1. The molecular formula is C13H18O4. The summed E-state index contributed by atoms with van der Waals surface area (Å²) in [5, 5.41) is 8.92. The number of methoxy groups -OCH3 is 1. The fourth-order valence-electron chi connectivity index (χ4n) is 1.24. The van der Waals surface area contributed by atoms with Crippen molar-refractivity contribution in [2.75, 3.05) is 7.11 Å². The molecule has 0 radical (unpaired) electrons. The Kier molecular flexibility index (Phi) is 4.37. The minimum Gasteiger partial charge on any atom is -0.493 e. The third kappa shape index (κ3) is 3.37. The van der Waals surface area contributed by atoms with Gasteiger partial charge >= 0.3 is 5.97 Å². The van der Waals surface area contributed by atoms with Gasteiger partial charge in [-0.2, -0.15) is 0 Å². The van der Waals surface area contributed by atoms with Crippen molar-refractivity contribution in [1.29, 1.82) is 0 Å². The topological polar surface area (TPSA) is 55.8 Å². The number of ether oxygens (including phenoxy) is 2. The first-order chi connectivity index (χ1) is 7.95. The van der Waals surface area contributed by atoms with Gasteiger partial charge in [0.15, 0.2) is 11.5 Å². The van der Waals surface area contributed by atoms with Crippen LogP contribution in [0.4, 0.5) is 0 Å². The van der Waals surface area contributed by atoms with E-state index in [2.05, 4.69) is 0 Å². The first-order valence-electron chi connectivity index (χ1n) is 5.53. The lowest BCUT2D eigenvalue weighted by atomic mass is 10.1. The van der Waals surface area contributed by atoms with Crippen molar-refractivity contribution in [3.8, 4) is 11.5 Å². The zero-order chi connectivity index (χ0) is 13.0. The quantitative estimate of drug-likeness (QED) is 0.857. The van der Waals surface area contributed by atoms with Gasteiger partial charge in [-0.25, -0.2) is 4.79 Å². The molecule has 4 nitrogen and oxygen atoms in total. The van der Waals surface area contributed by atoms with Crippen molar-refractivity contribution in [2.45, 2.75) is 26.9 Å². The van der Waals surface area contributed by atoms with Crippen LogP contribution >= 0.6 is 0 Å². The Hall–Kier alpha value is -1.71. The molecule has 1 N–H and O–H groups in total. The van der Waals surface area contributed by atoms with Crippen LogP contribution in [0, 0.1) is 5.92 Å². The van der Waals surface area contributed by atoms with Crippen molar-refractivity contribution in [3.05, 3.63) is 23.8 Å². The number of rotatable bonds is 5. The molecule has 1 rings (SSSR count). The number of hydrogen-bond donors (Lipinski definition) is 1. The third-order valence-corrected chi connectivity index (χ3v) is 2.66. The zero-order valence-corrected chi connectivity index (χ0v) is 10.6. The zero-order valence-electron chi connectivity index (χ0n) is 10.6. The van der Waals surface area contributed by atoms with E-state index in [-0.39, 0.29) is 11.7 Å². The van der Waals surface area contributed by atoms with Crippen LogP contribution in [0.15, 0.2) is 18.2 Å². The molecule has 0 fully saturated rings. The summed E-state index contributed by atoms with van der Waals surface area (Å²) in [6.45, 7) is 6.02. The van der Waals surface area contributed by atoms with Gasteiger partial charge < -0.3 is 14.6 Å². The van der Waals surface area contributed by atoms with E-state index in [9.17, 15) is 4.79 Å². The van der Waals surface area contributed by atoms with Crippen LogP contribution in [0.5, 0.6) is 11.5 Å². The van der Waals surface area contributed by atoms with Crippen molar-refractivity contribution < 1.29 is 19.4 Å². The van der Waals surface area contributed by atoms with E-state index in [1.807, 2.05) is 20.8 Å². The molecule has 0 aliphatic rings. The second-order valence-electron chi connectivity index (χ2n) is 4.24. The van der Waals surface area contributed by atoms with Crippen LogP contribution in [0.1, 0.15) is 31.1 Å². The summed E-state index contributed by atoms with van der Waals surface area (Å²) in [5.41, 5.74) is 0.191. The average Bonchev–Trinajstić information content (AvgIpc) is 2.28. The van der Waals surface area contributed by atoms with Crippen molar-refractivity contribution in [1.82, 2.24) is 0 Å². The van der Waals surface area contributed by atoms with E-state index in [0.717, 1.165) is 0 Å². The molecule has 1 unspecified atom stereocenters. The van der Waals surface area contributed by atoms with Crippen LogP contribution in [-0.2, 0) is 0 Å². The second-order valence-corrected chi connectivity index (χ2v) is 4.24. The molecule has 0 bridgehead atoms. The van der Waals surface area contributed by atoms with Gasteiger partial charge in [0.05, 0.1) is 18.8 Å². The maximum Gasteiger partial charge on any atom is 0.335 e. The lowest BCUT2D eigenvalue weighted by Crippen LogP contribution is -2.19. The fraction of sp³-hybridized carbons (Fsp3) is 0.462. The predicted molar refractivity (Wildman–Crippen MR) is 64.9 cm³/mol. The molecule has 0 saturated carbocycles. The average molecular weight is 238 g/mol. The van der Waals surface area contributed by atoms with Gasteiger partial charge in [-0.05, 0) is 31.0 Å². The molecule has 1 aromatic rings. The Labute approximate surface area is 101 Å². The molecule has 0 spiro atoms. The van der Waals surface area contributed by atoms with Crippen molar-refractivity contribution >= 4 is 5.97 Å². The fourth-order valence-corrected chi connectivity index (χ4v) is 1.24. The van der Waals surface area contributed by atoms with Crippen LogP contribution in [-0.4, -0.2) is 24.3 Å². The maximum atomic E-state index is 10.9. The Bertz CT molecular complexity index is 398. The van der Waals surface area contributed by atoms with E-state index in [4.69, 9.17) is 14.6 Å². The van der Waals surface area contributed by atoms with Gasteiger partial charge in [0.25, 0.3) is 0 Å². The molecule has 0 aromatic heterocycles. The molecule has 0 amide bonds. The molecule has 94 valence electrons. The van der Waals surface area contributed by atoms with Crippen molar-refractivity contribution in [2.24, 2.45) is 5.92 Å². The summed E-state index contributed by atoms with van der Waals surface area (Å²) < 4.78 is 10.8. The highest BCUT2D eigenvalue weighted by atomic mass is 16.5. The first kappa shape index (κ1) is 13.4. The summed E-state index contributed by atoms with van der Waals surface area (Å²) in [4.78, 5) is 10.9. The molecule has 0 saturated heterocycles. The van der Waals surface area contributed by atoms with Gasteiger partial charge in [0.1, 0.15) is 0 Å². The molecule has 0 aliphatic carbocycles. The van der Waals surface area contributed by atoms with Gasteiger partial charge in [0, 0.05) is 0 Å². The minimum atomic E-state index is -0.977. The number of hydrogen-bond acceptors (Lipinski definition) is 3. The molecule has 1 aromatic carbocycles. The molecular weight excluding hydrogens is 220 g/mol. The molecule has 1 atom stereocenters. The molecule has 17 heavy (non-hydrogen) atoms. The number of carbonyl (C=O) groups is 1. The van der Waals surface area contributed by atoms with Gasteiger partial charge in [0.2, 0.25) is 0 Å². The minimum absolute atomic E-state index is 0.00653. The van der Waals surface area contributed by atoms with E-state index in [1.54, 1.807) is 6.07 Å². The lowest BCUT2D eigenvalue weighted by Gasteiger charge is -2.20. The Balaban J connectivity index is 3.02.